The zero-order chi connectivity index (χ0) is 19.9. The number of rotatable bonds is 4. The standard InChI is InChI=1S/C18H22N4O4S2/c1-28(25,26)22-7-5-14-15(11-22)19-17(20-18(14)24)12-4-6-21(10-12)16(23)9-13-3-2-8-27-13/h2-3,8,12H,4-7,9-11H2,1H3,(H,19,20,24). The second-order valence-electron chi connectivity index (χ2n) is 7.30. The van der Waals surface area contributed by atoms with Crippen LogP contribution in [0.1, 0.15) is 34.3 Å². The van der Waals surface area contributed by atoms with Gasteiger partial charge >= 0.3 is 0 Å². The Bertz CT molecular complexity index is 1050. The molecule has 0 spiro atoms. The van der Waals surface area contributed by atoms with Crippen molar-refractivity contribution in [2.45, 2.75) is 31.7 Å². The van der Waals surface area contributed by atoms with Gasteiger partial charge in [0, 0.05) is 36.0 Å². The Morgan fingerprint density at radius 1 is 1.39 bits per heavy atom. The molecule has 0 aromatic carbocycles. The number of amides is 1. The maximum atomic E-state index is 12.5. The van der Waals surface area contributed by atoms with Crippen LogP contribution in [-0.4, -0.2) is 59.4 Å². The van der Waals surface area contributed by atoms with Gasteiger partial charge in [-0.1, -0.05) is 6.07 Å². The van der Waals surface area contributed by atoms with Crippen LogP contribution in [0.4, 0.5) is 0 Å². The molecule has 0 saturated carbocycles. The van der Waals surface area contributed by atoms with Gasteiger partial charge in [-0.3, -0.25) is 9.59 Å². The quantitative estimate of drug-likeness (QED) is 0.782. The van der Waals surface area contributed by atoms with Gasteiger partial charge in [0.1, 0.15) is 5.82 Å². The molecular weight excluding hydrogens is 400 g/mol. The van der Waals surface area contributed by atoms with E-state index in [2.05, 4.69) is 9.97 Å². The van der Waals surface area contributed by atoms with E-state index < -0.39 is 10.0 Å². The van der Waals surface area contributed by atoms with E-state index in [9.17, 15) is 18.0 Å². The molecule has 4 rings (SSSR count). The molecule has 1 saturated heterocycles. The molecule has 0 radical (unpaired) electrons. The van der Waals surface area contributed by atoms with Crippen molar-refractivity contribution >= 4 is 27.3 Å². The fourth-order valence-electron chi connectivity index (χ4n) is 3.80. The van der Waals surface area contributed by atoms with Crippen molar-refractivity contribution in [2.24, 2.45) is 0 Å². The van der Waals surface area contributed by atoms with Gasteiger partial charge in [0.15, 0.2) is 0 Å². The number of aromatic nitrogens is 2. The smallest absolute Gasteiger partial charge is 0.254 e. The van der Waals surface area contributed by atoms with Crippen molar-refractivity contribution < 1.29 is 13.2 Å². The molecular formula is C18H22N4O4S2. The molecule has 1 unspecified atom stereocenters. The second kappa shape index (κ2) is 7.41. The predicted octanol–water partition coefficient (Wildman–Crippen LogP) is 0.708. The van der Waals surface area contributed by atoms with Crippen LogP contribution in [0.5, 0.6) is 0 Å². The summed E-state index contributed by atoms with van der Waals surface area (Å²) in [7, 11) is -3.33. The summed E-state index contributed by atoms with van der Waals surface area (Å²) in [6, 6.07) is 3.88. The van der Waals surface area contributed by atoms with E-state index in [1.807, 2.05) is 22.4 Å². The fraction of sp³-hybridized carbons (Fsp3) is 0.500. The minimum absolute atomic E-state index is 0.0427. The van der Waals surface area contributed by atoms with Crippen LogP contribution in [0.2, 0.25) is 0 Å². The fourth-order valence-corrected chi connectivity index (χ4v) is 5.27. The number of hydrogen-bond donors (Lipinski definition) is 1. The summed E-state index contributed by atoms with van der Waals surface area (Å²) in [6.45, 7) is 1.57. The van der Waals surface area contributed by atoms with E-state index in [1.165, 1.54) is 10.6 Å². The lowest BCUT2D eigenvalue weighted by molar-refractivity contribution is -0.129. The van der Waals surface area contributed by atoms with Crippen LogP contribution in [0.3, 0.4) is 0 Å². The molecule has 150 valence electrons. The first-order chi connectivity index (χ1) is 13.3. The summed E-state index contributed by atoms with van der Waals surface area (Å²) in [5, 5.41) is 1.96. The van der Waals surface area contributed by atoms with Crippen molar-refractivity contribution in [3.63, 3.8) is 0 Å². The third-order valence-corrected chi connectivity index (χ3v) is 7.49. The Balaban J connectivity index is 1.50. The molecule has 1 atom stereocenters. The highest BCUT2D eigenvalue weighted by atomic mass is 32.2. The van der Waals surface area contributed by atoms with Crippen molar-refractivity contribution in [1.29, 1.82) is 0 Å². The summed E-state index contributed by atoms with van der Waals surface area (Å²) in [4.78, 5) is 35.3. The Labute approximate surface area is 167 Å². The number of likely N-dealkylation sites (tertiary alicyclic amines) is 1. The summed E-state index contributed by atoms with van der Waals surface area (Å²) in [5.41, 5.74) is 0.891. The first-order valence-electron chi connectivity index (χ1n) is 9.18. The molecule has 28 heavy (non-hydrogen) atoms. The predicted molar refractivity (Wildman–Crippen MR) is 106 cm³/mol. The van der Waals surface area contributed by atoms with Crippen molar-refractivity contribution in [3.05, 3.63) is 49.8 Å². The van der Waals surface area contributed by atoms with Gasteiger partial charge in [-0.25, -0.2) is 13.4 Å². The van der Waals surface area contributed by atoms with E-state index in [0.29, 0.717) is 49.6 Å². The first kappa shape index (κ1) is 19.3. The van der Waals surface area contributed by atoms with E-state index in [-0.39, 0.29) is 23.9 Å². The molecule has 2 aliphatic heterocycles. The zero-order valence-electron chi connectivity index (χ0n) is 15.6. The number of fused-ring (bicyclic) bond motifs is 1. The average Bonchev–Trinajstić information content (AvgIpc) is 3.32. The Kier molecular flexibility index (Phi) is 5.11. The highest BCUT2D eigenvalue weighted by molar-refractivity contribution is 7.88. The van der Waals surface area contributed by atoms with Crippen LogP contribution in [0.15, 0.2) is 22.3 Å². The Morgan fingerprint density at radius 3 is 2.93 bits per heavy atom. The monoisotopic (exact) mass is 422 g/mol. The van der Waals surface area contributed by atoms with Gasteiger partial charge in [0.2, 0.25) is 15.9 Å². The van der Waals surface area contributed by atoms with Crippen LogP contribution < -0.4 is 5.56 Å². The van der Waals surface area contributed by atoms with Crippen molar-refractivity contribution in [3.8, 4) is 0 Å². The highest BCUT2D eigenvalue weighted by Crippen LogP contribution is 2.26. The molecule has 0 bridgehead atoms. The Morgan fingerprint density at radius 2 is 2.21 bits per heavy atom. The molecule has 1 amide bonds. The van der Waals surface area contributed by atoms with Gasteiger partial charge in [-0.2, -0.15) is 4.31 Å². The lowest BCUT2D eigenvalue weighted by Gasteiger charge is -2.26. The summed E-state index contributed by atoms with van der Waals surface area (Å²) >= 11 is 1.57. The van der Waals surface area contributed by atoms with Crippen LogP contribution >= 0.6 is 11.3 Å². The second-order valence-corrected chi connectivity index (χ2v) is 10.3. The molecule has 10 heteroatoms. The number of nitrogens with one attached hydrogen (secondary N) is 1. The molecule has 1 fully saturated rings. The lowest BCUT2D eigenvalue weighted by atomic mass is 10.1. The maximum Gasteiger partial charge on any atom is 0.254 e. The van der Waals surface area contributed by atoms with Crippen molar-refractivity contribution in [2.75, 3.05) is 25.9 Å². The average molecular weight is 423 g/mol. The minimum atomic E-state index is -3.33. The molecule has 4 heterocycles. The number of sulfonamides is 1. The number of carbonyl (C=O) groups is 1. The third kappa shape index (κ3) is 3.89. The SMILES string of the molecule is CS(=O)(=O)N1CCc2c(nc(C3CCN(C(=O)Cc4cccs4)C3)[nH]c2=O)C1. The van der Waals surface area contributed by atoms with E-state index in [1.54, 1.807) is 11.3 Å². The largest absolute Gasteiger partial charge is 0.342 e. The number of carbonyl (C=O) groups excluding carboxylic acids is 1. The van der Waals surface area contributed by atoms with E-state index >= 15 is 0 Å². The zero-order valence-corrected chi connectivity index (χ0v) is 17.2. The topological polar surface area (TPSA) is 103 Å². The summed E-state index contributed by atoms with van der Waals surface area (Å²) in [5.74, 6) is 0.581. The van der Waals surface area contributed by atoms with Crippen molar-refractivity contribution in [1.82, 2.24) is 19.2 Å². The van der Waals surface area contributed by atoms with Crippen LogP contribution in [0, 0.1) is 0 Å². The molecule has 2 aromatic heterocycles. The highest BCUT2D eigenvalue weighted by Gasteiger charge is 2.31. The first-order valence-corrected chi connectivity index (χ1v) is 11.9. The number of hydrogen-bond acceptors (Lipinski definition) is 6. The van der Waals surface area contributed by atoms with E-state index in [0.717, 1.165) is 11.3 Å². The van der Waals surface area contributed by atoms with Gasteiger partial charge in [0.05, 0.1) is 24.9 Å². The van der Waals surface area contributed by atoms with Gasteiger partial charge in [-0.05, 0) is 24.3 Å². The normalized spacial score (nSPS) is 20.3. The number of nitrogens with zero attached hydrogens (tertiary/aromatic N) is 3. The maximum absolute atomic E-state index is 12.5. The summed E-state index contributed by atoms with van der Waals surface area (Å²) < 4.78 is 25.0. The van der Waals surface area contributed by atoms with Gasteiger partial charge < -0.3 is 9.88 Å². The molecule has 2 aromatic rings. The minimum Gasteiger partial charge on any atom is -0.342 e. The molecule has 0 aliphatic carbocycles. The summed E-state index contributed by atoms with van der Waals surface area (Å²) in [6.07, 6.45) is 2.65. The lowest BCUT2D eigenvalue weighted by Crippen LogP contribution is -2.39. The third-order valence-electron chi connectivity index (χ3n) is 5.36. The number of H-pyrrole nitrogens is 1. The van der Waals surface area contributed by atoms with Gasteiger partial charge in [-0.15, -0.1) is 11.3 Å². The van der Waals surface area contributed by atoms with Crippen LogP contribution in [0.25, 0.3) is 0 Å². The molecule has 1 N–H and O–H groups in total. The Hall–Kier alpha value is -2.04. The van der Waals surface area contributed by atoms with Gasteiger partial charge in [0.25, 0.3) is 5.56 Å². The molecule has 2 aliphatic rings. The van der Waals surface area contributed by atoms with Crippen LogP contribution in [-0.2, 0) is 34.2 Å². The molecule has 8 nitrogen and oxygen atoms in total. The van der Waals surface area contributed by atoms with E-state index in [4.69, 9.17) is 0 Å². The number of thiophene rings is 1. The number of aromatic amines is 1.